The van der Waals surface area contributed by atoms with Gasteiger partial charge in [-0.3, -0.25) is 9.59 Å². The Kier molecular flexibility index (Phi) is 4.50. The molecule has 3 aromatic rings. The number of amides is 1. The second-order valence-corrected chi connectivity index (χ2v) is 8.96. The van der Waals surface area contributed by atoms with Gasteiger partial charge >= 0.3 is 0 Å². The summed E-state index contributed by atoms with van der Waals surface area (Å²) in [6.45, 7) is 2.25. The van der Waals surface area contributed by atoms with Crippen molar-refractivity contribution in [2.45, 2.75) is 50.5 Å². The third kappa shape index (κ3) is 3.33. The van der Waals surface area contributed by atoms with Crippen LogP contribution in [0.3, 0.4) is 0 Å². The maximum absolute atomic E-state index is 12.8. The van der Waals surface area contributed by atoms with Gasteiger partial charge in [-0.15, -0.1) is 0 Å². The zero-order chi connectivity index (χ0) is 20.9. The molecule has 3 heterocycles. The molecule has 1 aliphatic heterocycles. The van der Waals surface area contributed by atoms with Gasteiger partial charge in [0.1, 0.15) is 5.56 Å². The molecule has 30 heavy (non-hydrogen) atoms. The summed E-state index contributed by atoms with van der Waals surface area (Å²) in [5.74, 6) is 0.388. The number of fused-ring (bicyclic) bond motifs is 1. The van der Waals surface area contributed by atoms with E-state index in [1.54, 1.807) is 11.8 Å². The average Bonchev–Trinajstić information content (AvgIpc) is 3.17. The van der Waals surface area contributed by atoms with E-state index in [1.807, 2.05) is 12.1 Å². The molecule has 2 aromatic heterocycles. The van der Waals surface area contributed by atoms with Crippen LogP contribution in [0.5, 0.6) is 0 Å². The predicted molar refractivity (Wildman–Crippen MR) is 114 cm³/mol. The lowest BCUT2D eigenvalue weighted by Crippen LogP contribution is -2.61. The van der Waals surface area contributed by atoms with Crippen LogP contribution in [-0.2, 0) is 0 Å². The van der Waals surface area contributed by atoms with E-state index in [0.717, 1.165) is 5.56 Å². The van der Waals surface area contributed by atoms with E-state index in [9.17, 15) is 14.7 Å². The quantitative estimate of drug-likeness (QED) is 0.700. The number of hydrogen-bond acceptors (Lipinski definition) is 4. The van der Waals surface area contributed by atoms with Gasteiger partial charge in [0.25, 0.3) is 11.5 Å². The van der Waals surface area contributed by atoms with E-state index in [-0.39, 0.29) is 24.6 Å². The summed E-state index contributed by atoms with van der Waals surface area (Å²) >= 11 is 0. The van der Waals surface area contributed by atoms with Crippen LogP contribution in [0, 0.1) is 0 Å². The van der Waals surface area contributed by atoms with Gasteiger partial charge < -0.3 is 15.0 Å². The first-order chi connectivity index (χ1) is 14.4. The monoisotopic (exact) mass is 406 g/mol. The Hall–Kier alpha value is -2.93. The molecule has 1 saturated carbocycles. The van der Waals surface area contributed by atoms with Gasteiger partial charge in [0, 0.05) is 6.07 Å². The summed E-state index contributed by atoms with van der Waals surface area (Å²) in [6.07, 6.45) is 7.82. The second-order valence-electron chi connectivity index (χ2n) is 8.96. The Labute approximate surface area is 174 Å². The molecule has 2 fully saturated rings. The molecule has 156 valence electrons. The fourth-order valence-electron chi connectivity index (χ4n) is 4.76. The molecule has 0 atom stereocenters. The molecule has 1 aliphatic carbocycles. The number of likely N-dealkylation sites (tertiary alicyclic amines) is 1. The summed E-state index contributed by atoms with van der Waals surface area (Å²) in [6, 6.07) is 9.89. The molecule has 1 saturated heterocycles. The van der Waals surface area contributed by atoms with Crippen molar-refractivity contribution in [2.75, 3.05) is 13.1 Å². The van der Waals surface area contributed by atoms with Gasteiger partial charge in [-0.05, 0) is 36.8 Å². The molecule has 1 amide bonds. The lowest BCUT2D eigenvalue weighted by atomic mass is 9.84. The van der Waals surface area contributed by atoms with Gasteiger partial charge in [0.2, 0.25) is 0 Å². The molecule has 1 aromatic carbocycles. The van der Waals surface area contributed by atoms with Crippen LogP contribution in [0.4, 0.5) is 0 Å². The summed E-state index contributed by atoms with van der Waals surface area (Å²) in [4.78, 5) is 30.2. The van der Waals surface area contributed by atoms with E-state index in [0.29, 0.717) is 22.8 Å². The lowest BCUT2D eigenvalue weighted by Gasteiger charge is -2.43. The molecular weight excluding hydrogens is 380 g/mol. The molecule has 0 bridgehead atoms. The first-order valence-corrected chi connectivity index (χ1v) is 10.6. The fraction of sp³-hybridized carbons (Fsp3) is 0.435. The van der Waals surface area contributed by atoms with E-state index in [4.69, 9.17) is 0 Å². The SMILES string of the molecule is CC1(O)CN(C(=O)c2cnn3c(=O)cc(-c4ccc(C5CCCCC5)cc4)[nH]c23)C1. The highest BCUT2D eigenvalue weighted by Gasteiger charge is 2.40. The zero-order valence-electron chi connectivity index (χ0n) is 17.1. The molecule has 7 heteroatoms. The summed E-state index contributed by atoms with van der Waals surface area (Å²) < 4.78 is 1.21. The number of aromatic nitrogens is 3. The predicted octanol–water partition coefficient (Wildman–Crippen LogP) is 2.94. The van der Waals surface area contributed by atoms with E-state index < -0.39 is 5.60 Å². The van der Waals surface area contributed by atoms with Gasteiger partial charge in [0.05, 0.1) is 30.6 Å². The van der Waals surface area contributed by atoms with Crippen LogP contribution in [0.2, 0.25) is 0 Å². The lowest BCUT2D eigenvalue weighted by molar-refractivity contribution is -0.0668. The second kappa shape index (κ2) is 7.09. The van der Waals surface area contributed by atoms with Gasteiger partial charge in [-0.1, -0.05) is 43.5 Å². The Morgan fingerprint density at radius 2 is 1.87 bits per heavy atom. The van der Waals surface area contributed by atoms with E-state index in [1.165, 1.54) is 54.4 Å². The van der Waals surface area contributed by atoms with Crippen LogP contribution >= 0.6 is 0 Å². The number of aliphatic hydroxyl groups is 1. The molecule has 2 aliphatic rings. The summed E-state index contributed by atoms with van der Waals surface area (Å²) in [5.41, 5.74) is 2.50. The van der Waals surface area contributed by atoms with Crippen LogP contribution in [-0.4, -0.2) is 49.2 Å². The molecule has 2 N–H and O–H groups in total. The zero-order valence-corrected chi connectivity index (χ0v) is 17.1. The van der Waals surface area contributed by atoms with Crippen molar-refractivity contribution in [3.8, 4) is 11.3 Å². The number of benzene rings is 1. The number of nitrogens with zero attached hydrogens (tertiary/aromatic N) is 3. The van der Waals surface area contributed by atoms with E-state index >= 15 is 0 Å². The molecule has 0 unspecified atom stereocenters. The molecule has 0 radical (unpaired) electrons. The first kappa shape index (κ1) is 19.1. The topological polar surface area (TPSA) is 90.7 Å². The van der Waals surface area contributed by atoms with Crippen LogP contribution in [0.25, 0.3) is 16.9 Å². The minimum absolute atomic E-state index is 0.239. The highest BCUT2D eigenvalue weighted by Crippen LogP contribution is 2.33. The largest absolute Gasteiger partial charge is 0.386 e. The van der Waals surface area contributed by atoms with Gasteiger partial charge in [-0.2, -0.15) is 9.61 Å². The van der Waals surface area contributed by atoms with Gasteiger partial charge in [0.15, 0.2) is 5.65 Å². The highest BCUT2D eigenvalue weighted by atomic mass is 16.3. The third-order valence-corrected chi connectivity index (χ3v) is 6.38. The number of aromatic amines is 1. The number of carbonyl (C=O) groups is 1. The van der Waals surface area contributed by atoms with Gasteiger partial charge in [-0.25, -0.2) is 0 Å². The minimum Gasteiger partial charge on any atom is -0.386 e. The Morgan fingerprint density at radius 3 is 2.53 bits per heavy atom. The van der Waals surface area contributed by atoms with Crippen molar-refractivity contribution >= 4 is 11.6 Å². The third-order valence-electron chi connectivity index (χ3n) is 6.38. The minimum atomic E-state index is -0.850. The number of carbonyl (C=O) groups excluding carboxylic acids is 1. The van der Waals surface area contributed by atoms with Crippen molar-refractivity contribution in [1.82, 2.24) is 19.5 Å². The molecule has 7 nitrogen and oxygen atoms in total. The molecule has 5 rings (SSSR count). The Morgan fingerprint density at radius 1 is 1.17 bits per heavy atom. The maximum atomic E-state index is 12.8. The summed E-state index contributed by atoms with van der Waals surface area (Å²) in [5, 5.41) is 14.0. The van der Waals surface area contributed by atoms with Crippen molar-refractivity contribution in [2.24, 2.45) is 0 Å². The van der Waals surface area contributed by atoms with E-state index in [2.05, 4.69) is 22.2 Å². The first-order valence-electron chi connectivity index (χ1n) is 10.6. The number of H-pyrrole nitrogens is 1. The fourth-order valence-corrected chi connectivity index (χ4v) is 4.76. The smallest absolute Gasteiger partial charge is 0.274 e. The average molecular weight is 406 g/mol. The number of β-amino-alcohol motifs (C(OH)–C–C–N with tert-alkyl or cyclic N) is 1. The standard InChI is InChI=1S/C23H26N4O3/c1-23(30)13-26(14-23)22(29)18-12-24-27-20(28)11-19(25-21(18)27)17-9-7-16(8-10-17)15-5-3-2-4-6-15/h7-12,15,25,30H,2-6,13-14H2,1H3. The van der Waals surface area contributed by atoms with Crippen LogP contribution in [0.1, 0.15) is 60.9 Å². The van der Waals surface area contributed by atoms with Crippen LogP contribution in [0.15, 0.2) is 41.3 Å². The number of nitrogens with one attached hydrogen (secondary N) is 1. The Balaban J connectivity index is 1.46. The highest BCUT2D eigenvalue weighted by molar-refractivity contribution is 6.00. The van der Waals surface area contributed by atoms with Crippen molar-refractivity contribution in [1.29, 1.82) is 0 Å². The van der Waals surface area contributed by atoms with Crippen molar-refractivity contribution < 1.29 is 9.90 Å². The summed E-state index contributed by atoms with van der Waals surface area (Å²) in [7, 11) is 0. The number of rotatable bonds is 3. The van der Waals surface area contributed by atoms with Crippen molar-refractivity contribution in [3.05, 3.63) is 58.0 Å². The van der Waals surface area contributed by atoms with Crippen molar-refractivity contribution in [3.63, 3.8) is 0 Å². The normalized spacial score (nSPS) is 19.1. The molecule has 0 spiro atoms. The Bertz CT molecular complexity index is 1150. The number of hydrogen-bond donors (Lipinski definition) is 2. The maximum Gasteiger partial charge on any atom is 0.274 e. The molecular formula is C23H26N4O3. The van der Waals surface area contributed by atoms with Crippen LogP contribution < -0.4 is 5.56 Å².